The van der Waals surface area contributed by atoms with Crippen LogP contribution in [-0.4, -0.2) is 38.9 Å². The molecule has 2 fully saturated rings. The minimum Gasteiger partial charge on any atom is -0.349 e. The number of nitrogens with one attached hydrogen (secondary N) is 1. The lowest BCUT2D eigenvalue weighted by molar-refractivity contribution is -0.125. The predicted molar refractivity (Wildman–Crippen MR) is 125 cm³/mol. The third-order valence-corrected chi connectivity index (χ3v) is 7.97. The van der Waals surface area contributed by atoms with Gasteiger partial charge in [-0.3, -0.25) is 14.6 Å². The summed E-state index contributed by atoms with van der Waals surface area (Å²) in [5, 5.41) is 3.73. The normalized spacial score (nSPS) is 21.8. The maximum absolute atomic E-state index is 13.6. The molecular weight excluding hydrogens is 453 g/mol. The van der Waals surface area contributed by atoms with E-state index in [1.54, 1.807) is 41.1 Å². The molecule has 1 aliphatic heterocycles. The second kappa shape index (κ2) is 10.2. The zero-order valence-electron chi connectivity index (χ0n) is 17.1. The number of rotatable bonds is 5. The first-order chi connectivity index (χ1) is 15.0. The smallest absolute Gasteiger partial charge is 0.256 e. The SMILES string of the molecule is O=C(NCc1ccccn1)C1CSC(C2CCCCC2)N1C(=O)c1ccc(Cl)cc1Cl. The third-order valence-electron chi connectivity index (χ3n) is 5.96. The summed E-state index contributed by atoms with van der Waals surface area (Å²) >= 11 is 14.1. The zero-order valence-corrected chi connectivity index (χ0v) is 19.4. The first-order valence-corrected chi connectivity index (χ1v) is 12.4. The molecule has 5 nitrogen and oxygen atoms in total. The van der Waals surface area contributed by atoms with Crippen LogP contribution in [0.4, 0.5) is 0 Å². The molecule has 4 rings (SSSR count). The van der Waals surface area contributed by atoms with Crippen LogP contribution in [0.5, 0.6) is 0 Å². The molecule has 1 aromatic carbocycles. The molecule has 2 aliphatic rings. The summed E-state index contributed by atoms with van der Waals surface area (Å²) in [6.45, 7) is 0.332. The molecule has 0 bridgehead atoms. The van der Waals surface area contributed by atoms with Crippen molar-refractivity contribution in [2.75, 3.05) is 5.75 Å². The van der Waals surface area contributed by atoms with E-state index in [-0.39, 0.29) is 17.2 Å². The Balaban J connectivity index is 1.57. The standard InChI is InChI=1S/C23H25Cl2N3O2S/c24-16-9-10-18(19(25)12-16)22(30)28-20(14-31-23(28)15-6-2-1-3-7-15)21(29)27-13-17-8-4-5-11-26-17/h4-5,8-12,15,20,23H,1-3,6-7,13-14H2,(H,27,29). The van der Waals surface area contributed by atoms with Gasteiger partial charge in [0.1, 0.15) is 6.04 Å². The third kappa shape index (κ3) is 5.18. The summed E-state index contributed by atoms with van der Waals surface area (Å²) < 4.78 is 0. The molecule has 2 heterocycles. The van der Waals surface area contributed by atoms with Crippen LogP contribution in [0.1, 0.15) is 48.2 Å². The van der Waals surface area contributed by atoms with Gasteiger partial charge in [0.2, 0.25) is 5.91 Å². The van der Waals surface area contributed by atoms with Gasteiger partial charge in [0.05, 0.1) is 28.2 Å². The van der Waals surface area contributed by atoms with Gasteiger partial charge in [-0.05, 0) is 49.1 Å². The van der Waals surface area contributed by atoms with Gasteiger partial charge < -0.3 is 10.2 Å². The van der Waals surface area contributed by atoms with Crippen molar-refractivity contribution in [1.82, 2.24) is 15.2 Å². The van der Waals surface area contributed by atoms with Crippen LogP contribution in [0.25, 0.3) is 0 Å². The van der Waals surface area contributed by atoms with E-state index in [9.17, 15) is 9.59 Å². The highest BCUT2D eigenvalue weighted by atomic mass is 35.5. The highest BCUT2D eigenvalue weighted by Gasteiger charge is 2.45. The number of aromatic nitrogens is 1. The molecule has 2 atom stereocenters. The topological polar surface area (TPSA) is 62.3 Å². The van der Waals surface area contributed by atoms with E-state index in [4.69, 9.17) is 23.2 Å². The van der Waals surface area contributed by atoms with Crippen LogP contribution in [0.15, 0.2) is 42.6 Å². The van der Waals surface area contributed by atoms with Crippen LogP contribution in [-0.2, 0) is 11.3 Å². The summed E-state index contributed by atoms with van der Waals surface area (Å²) in [6.07, 6.45) is 7.43. The fourth-order valence-electron chi connectivity index (χ4n) is 4.37. The van der Waals surface area contributed by atoms with Gasteiger partial charge in [0.25, 0.3) is 5.91 Å². The monoisotopic (exact) mass is 477 g/mol. The molecule has 164 valence electrons. The molecule has 31 heavy (non-hydrogen) atoms. The molecule has 1 saturated heterocycles. The fraction of sp³-hybridized carbons (Fsp3) is 0.435. The fourth-order valence-corrected chi connectivity index (χ4v) is 6.50. The van der Waals surface area contributed by atoms with Crippen LogP contribution in [0.3, 0.4) is 0 Å². The molecule has 2 amide bonds. The Hall–Kier alpha value is -1.76. The number of hydrogen-bond donors (Lipinski definition) is 1. The summed E-state index contributed by atoms with van der Waals surface area (Å²) in [5.41, 5.74) is 1.17. The number of halogens is 2. The summed E-state index contributed by atoms with van der Waals surface area (Å²) in [4.78, 5) is 32.8. The number of nitrogens with zero attached hydrogens (tertiary/aromatic N) is 2. The van der Waals surface area contributed by atoms with Crippen molar-refractivity contribution in [3.05, 3.63) is 63.9 Å². The van der Waals surface area contributed by atoms with Gasteiger partial charge in [-0.15, -0.1) is 11.8 Å². The molecule has 8 heteroatoms. The molecule has 2 aromatic rings. The van der Waals surface area contributed by atoms with Crippen LogP contribution >= 0.6 is 35.0 Å². The number of carbonyl (C=O) groups excluding carboxylic acids is 2. The van der Waals surface area contributed by atoms with Crippen molar-refractivity contribution in [1.29, 1.82) is 0 Å². The Morgan fingerprint density at radius 3 is 2.65 bits per heavy atom. The molecular formula is C23H25Cl2N3O2S. The summed E-state index contributed by atoms with van der Waals surface area (Å²) in [6, 6.07) is 9.93. The Bertz CT molecular complexity index is 938. The Morgan fingerprint density at radius 2 is 1.94 bits per heavy atom. The minimum absolute atomic E-state index is 0.0230. The maximum Gasteiger partial charge on any atom is 0.256 e. The molecule has 0 spiro atoms. The number of pyridine rings is 1. The Kier molecular flexibility index (Phi) is 7.41. The first kappa shape index (κ1) is 22.4. The summed E-state index contributed by atoms with van der Waals surface area (Å²) in [5.74, 6) is 0.601. The van der Waals surface area contributed by atoms with Crippen molar-refractivity contribution in [2.45, 2.75) is 50.1 Å². The van der Waals surface area contributed by atoms with E-state index in [1.807, 2.05) is 18.2 Å². The number of amides is 2. The van der Waals surface area contributed by atoms with E-state index < -0.39 is 6.04 Å². The van der Waals surface area contributed by atoms with Crippen LogP contribution in [0.2, 0.25) is 10.0 Å². The van der Waals surface area contributed by atoms with E-state index >= 15 is 0 Å². The van der Waals surface area contributed by atoms with Gasteiger partial charge in [0.15, 0.2) is 0 Å². The van der Waals surface area contributed by atoms with E-state index in [2.05, 4.69) is 10.3 Å². The number of thioether (sulfide) groups is 1. The Morgan fingerprint density at radius 1 is 1.13 bits per heavy atom. The van der Waals surface area contributed by atoms with Crippen LogP contribution in [0, 0.1) is 5.92 Å². The molecule has 1 aromatic heterocycles. The lowest BCUT2D eigenvalue weighted by Crippen LogP contribution is -2.51. The van der Waals surface area contributed by atoms with Crippen molar-refractivity contribution >= 4 is 46.8 Å². The zero-order chi connectivity index (χ0) is 21.8. The maximum atomic E-state index is 13.6. The van der Waals surface area contributed by atoms with E-state index in [0.717, 1.165) is 18.5 Å². The van der Waals surface area contributed by atoms with Gasteiger partial charge >= 0.3 is 0 Å². The molecule has 1 N–H and O–H groups in total. The van der Waals surface area contributed by atoms with Crippen molar-refractivity contribution in [3.63, 3.8) is 0 Å². The molecule has 1 saturated carbocycles. The second-order valence-electron chi connectivity index (χ2n) is 8.01. The summed E-state index contributed by atoms with van der Waals surface area (Å²) in [7, 11) is 0. The molecule has 2 unspecified atom stereocenters. The number of hydrogen-bond acceptors (Lipinski definition) is 4. The molecule has 1 aliphatic carbocycles. The predicted octanol–water partition coefficient (Wildman–Crippen LogP) is 5.17. The van der Waals surface area contributed by atoms with Gasteiger partial charge in [-0.2, -0.15) is 0 Å². The van der Waals surface area contributed by atoms with Gasteiger partial charge in [0, 0.05) is 17.0 Å². The van der Waals surface area contributed by atoms with Crippen molar-refractivity contribution < 1.29 is 9.59 Å². The largest absolute Gasteiger partial charge is 0.349 e. The van der Waals surface area contributed by atoms with Crippen LogP contribution < -0.4 is 5.32 Å². The average molecular weight is 478 g/mol. The lowest BCUT2D eigenvalue weighted by Gasteiger charge is -2.35. The van der Waals surface area contributed by atoms with E-state index in [0.29, 0.717) is 33.8 Å². The van der Waals surface area contributed by atoms with Crippen molar-refractivity contribution in [3.8, 4) is 0 Å². The van der Waals surface area contributed by atoms with E-state index in [1.165, 1.54) is 19.3 Å². The quantitative estimate of drug-likeness (QED) is 0.644. The molecule has 0 radical (unpaired) electrons. The highest BCUT2D eigenvalue weighted by molar-refractivity contribution is 8.00. The number of carbonyl (C=O) groups is 2. The minimum atomic E-state index is -0.542. The van der Waals surface area contributed by atoms with Crippen molar-refractivity contribution in [2.24, 2.45) is 5.92 Å². The lowest BCUT2D eigenvalue weighted by atomic mass is 9.88. The average Bonchev–Trinajstić information content (AvgIpc) is 3.24. The Labute approximate surface area is 196 Å². The second-order valence-corrected chi connectivity index (χ2v) is 10.0. The number of benzene rings is 1. The highest BCUT2D eigenvalue weighted by Crippen LogP contribution is 2.41. The first-order valence-electron chi connectivity index (χ1n) is 10.6. The van der Waals surface area contributed by atoms with Gasteiger partial charge in [-0.25, -0.2) is 0 Å². The van der Waals surface area contributed by atoms with Gasteiger partial charge in [-0.1, -0.05) is 48.5 Å².